The molecule has 7 rings (SSSR count). The van der Waals surface area contributed by atoms with Crippen LogP contribution in [0.3, 0.4) is 0 Å². The molecule has 0 radical (unpaired) electrons. The number of Topliss-reactive ketones (excluding diaryl/α,β-unsaturated/α-hetero) is 2. The minimum absolute atomic E-state index is 0.0256. The van der Waals surface area contributed by atoms with Gasteiger partial charge in [-0.1, -0.05) is 30.3 Å². The van der Waals surface area contributed by atoms with Gasteiger partial charge in [-0.05, 0) is 94.4 Å². The lowest BCUT2D eigenvalue weighted by Crippen LogP contribution is -2.41. The molecule has 4 aliphatic rings. The number of ether oxygens (including phenoxy) is 2. The molecule has 3 heterocycles. The van der Waals surface area contributed by atoms with Crippen LogP contribution in [0.4, 0.5) is 0 Å². The summed E-state index contributed by atoms with van der Waals surface area (Å²) in [4.78, 5) is 36.4. The Morgan fingerprint density at radius 2 is 1.30 bits per heavy atom. The molecule has 1 amide bonds. The third-order valence-electron chi connectivity index (χ3n) is 9.60. The molecular weight excluding hydrogens is 621 g/mol. The summed E-state index contributed by atoms with van der Waals surface area (Å²) in [6.45, 7) is 10.5. The van der Waals surface area contributed by atoms with Crippen LogP contribution < -0.4 is 19.7 Å². The van der Waals surface area contributed by atoms with Gasteiger partial charge >= 0.3 is 7.12 Å². The molecule has 2 fully saturated rings. The molecule has 0 unspecified atom stereocenters. The lowest BCUT2D eigenvalue weighted by atomic mass is 9.78. The fourth-order valence-electron chi connectivity index (χ4n) is 5.51. The van der Waals surface area contributed by atoms with E-state index in [9.17, 15) is 22.8 Å². The topological polar surface area (TPSA) is 134 Å². The molecule has 12 heteroatoms. The zero-order valence-electron chi connectivity index (χ0n) is 27.2. The van der Waals surface area contributed by atoms with Crippen molar-refractivity contribution in [2.75, 3.05) is 13.2 Å². The van der Waals surface area contributed by atoms with Crippen LogP contribution >= 0.6 is 0 Å². The number of ketones is 2. The van der Waals surface area contributed by atoms with E-state index in [-0.39, 0.29) is 28.3 Å². The smallest absolute Gasteiger partial charge is 0.492 e. The SMILES string of the molecule is CC1(C)OB(c2ccc3c(c2)OCCC3=O)OC1(C)C.CC1(S(=O)(=O)NC(=O)c2ccccc2-c2ccc3c(c2)OCCC3=O)CC1. The molecule has 0 spiro atoms. The van der Waals surface area contributed by atoms with Gasteiger partial charge in [-0.2, -0.15) is 0 Å². The normalized spacial score (nSPS) is 20.1. The highest BCUT2D eigenvalue weighted by Crippen LogP contribution is 2.42. The molecule has 1 saturated heterocycles. The molecule has 246 valence electrons. The standard InChI is InChI=1S/C20H19NO5S.C15H19BO4/c1-20(9-10-20)27(24,25)21-19(23)15-5-3-2-4-14(15)13-6-7-16-17(22)8-11-26-18(16)12-13;1-14(2)15(3,4)20-16(19-14)10-5-6-11-12(17)7-8-18-13(11)9-10/h2-7,12H,8-11H2,1H3,(H,21,23);5-6,9H,7-8H2,1-4H3. The average Bonchev–Trinajstić information content (AvgIpc) is 3.75. The van der Waals surface area contributed by atoms with Crippen molar-refractivity contribution < 1.29 is 41.6 Å². The third-order valence-corrected chi connectivity index (χ3v) is 11.8. The van der Waals surface area contributed by atoms with Crippen LogP contribution in [0.5, 0.6) is 11.5 Å². The van der Waals surface area contributed by atoms with Crippen molar-refractivity contribution in [2.45, 2.75) is 76.3 Å². The van der Waals surface area contributed by atoms with E-state index >= 15 is 0 Å². The second-order valence-electron chi connectivity index (χ2n) is 13.5. The van der Waals surface area contributed by atoms with E-state index in [2.05, 4.69) is 4.72 Å². The maximum atomic E-state index is 12.7. The Hall–Kier alpha value is -4.00. The van der Waals surface area contributed by atoms with Crippen LogP contribution in [-0.2, 0) is 19.3 Å². The van der Waals surface area contributed by atoms with Crippen molar-refractivity contribution in [3.8, 4) is 22.6 Å². The second kappa shape index (κ2) is 11.9. The Balaban J connectivity index is 0.000000172. The van der Waals surface area contributed by atoms with Gasteiger partial charge in [0.15, 0.2) is 11.6 Å². The minimum atomic E-state index is -3.72. The van der Waals surface area contributed by atoms with E-state index in [0.717, 1.165) is 5.46 Å². The van der Waals surface area contributed by atoms with Gasteiger partial charge in [-0.25, -0.2) is 13.1 Å². The maximum absolute atomic E-state index is 12.7. The molecule has 0 atom stereocenters. The van der Waals surface area contributed by atoms with Crippen molar-refractivity contribution in [3.63, 3.8) is 0 Å². The van der Waals surface area contributed by atoms with E-state index in [1.165, 1.54) is 0 Å². The second-order valence-corrected chi connectivity index (χ2v) is 15.7. The zero-order valence-corrected chi connectivity index (χ0v) is 28.0. The van der Waals surface area contributed by atoms with Crippen molar-refractivity contribution >= 4 is 40.1 Å². The Morgan fingerprint density at radius 3 is 1.89 bits per heavy atom. The van der Waals surface area contributed by atoms with E-state index < -0.39 is 27.8 Å². The summed E-state index contributed by atoms with van der Waals surface area (Å²) in [5.41, 5.74) is 2.84. The van der Waals surface area contributed by atoms with Crippen molar-refractivity contribution in [1.82, 2.24) is 4.72 Å². The summed E-state index contributed by atoms with van der Waals surface area (Å²) in [6.07, 6.45) is 1.89. The number of carbonyl (C=O) groups is 3. The van der Waals surface area contributed by atoms with Crippen LogP contribution in [0.2, 0.25) is 0 Å². The van der Waals surface area contributed by atoms with Gasteiger partial charge < -0.3 is 18.8 Å². The molecule has 1 aliphatic carbocycles. The van der Waals surface area contributed by atoms with Crippen LogP contribution in [0.25, 0.3) is 11.1 Å². The summed E-state index contributed by atoms with van der Waals surface area (Å²) in [7, 11) is -4.15. The summed E-state index contributed by atoms with van der Waals surface area (Å²) < 4.78 is 49.3. The first-order valence-electron chi connectivity index (χ1n) is 15.7. The number of rotatable bonds is 5. The van der Waals surface area contributed by atoms with Gasteiger partial charge in [0.25, 0.3) is 5.91 Å². The molecule has 3 aromatic rings. The Kier molecular flexibility index (Phi) is 8.34. The van der Waals surface area contributed by atoms with Crippen LogP contribution in [0.15, 0.2) is 60.7 Å². The number of benzene rings is 3. The van der Waals surface area contributed by atoms with Crippen LogP contribution in [0.1, 0.15) is 91.4 Å². The Bertz CT molecular complexity index is 1870. The zero-order chi connectivity index (χ0) is 33.8. The van der Waals surface area contributed by atoms with Gasteiger partial charge in [0, 0.05) is 18.4 Å². The summed E-state index contributed by atoms with van der Waals surface area (Å²) in [5.74, 6) is 0.614. The maximum Gasteiger partial charge on any atom is 0.494 e. The quantitative estimate of drug-likeness (QED) is 0.381. The third kappa shape index (κ3) is 6.34. The van der Waals surface area contributed by atoms with Gasteiger partial charge in [0.05, 0.1) is 40.3 Å². The fourth-order valence-corrected chi connectivity index (χ4v) is 6.75. The first kappa shape index (κ1) is 32.9. The first-order chi connectivity index (χ1) is 22.1. The summed E-state index contributed by atoms with van der Waals surface area (Å²) >= 11 is 0. The highest BCUT2D eigenvalue weighted by molar-refractivity contribution is 7.91. The fraction of sp³-hybridized carbons (Fsp3) is 0.400. The first-order valence-corrected chi connectivity index (χ1v) is 17.2. The van der Waals surface area contributed by atoms with Crippen LogP contribution in [0, 0.1) is 0 Å². The molecule has 10 nitrogen and oxygen atoms in total. The predicted molar refractivity (Wildman–Crippen MR) is 177 cm³/mol. The van der Waals surface area contributed by atoms with Gasteiger partial charge in [-0.15, -0.1) is 0 Å². The number of sulfonamides is 1. The molecule has 47 heavy (non-hydrogen) atoms. The number of fused-ring (bicyclic) bond motifs is 2. The Morgan fingerprint density at radius 1 is 0.745 bits per heavy atom. The lowest BCUT2D eigenvalue weighted by Gasteiger charge is -2.32. The highest BCUT2D eigenvalue weighted by Gasteiger charge is 2.52. The molecule has 3 aliphatic heterocycles. The van der Waals surface area contributed by atoms with Crippen molar-refractivity contribution in [1.29, 1.82) is 0 Å². The van der Waals surface area contributed by atoms with E-state index in [4.69, 9.17) is 18.8 Å². The van der Waals surface area contributed by atoms with Gasteiger partial charge in [0.1, 0.15) is 11.5 Å². The predicted octanol–water partition coefficient (Wildman–Crippen LogP) is 4.88. The molecule has 1 N–H and O–H groups in total. The monoisotopic (exact) mass is 659 g/mol. The number of hydrogen-bond acceptors (Lipinski definition) is 9. The average molecular weight is 660 g/mol. The van der Waals surface area contributed by atoms with Crippen molar-refractivity contribution in [2.24, 2.45) is 0 Å². The van der Waals surface area contributed by atoms with Crippen LogP contribution in [-0.4, -0.2) is 62.2 Å². The number of carbonyl (C=O) groups excluding carboxylic acids is 3. The minimum Gasteiger partial charge on any atom is -0.492 e. The summed E-state index contributed by atoms with van der Waals surface area (Å²) in [6, 6.07) is 17.5. The van der Waals surface area contributed by atoms with E-state index in [1.807, 2.05) is 39.8 Å². The largest absolute Gasteiger partial charge is 0.494 e. The van der Waals surface area contributed by atoms with Gasteiger partial charge in [0.2, 0.25) is 10.0 Å². The van der Waals surface area contributed by atoms with E-state index in [0.29, 0.717) is 72.6 Å². The lowest BCUT2D eigenvalue weighted by molar-refractivity contribution is 0.00578. The number of hydrogen-bond donors (Lipinski definition) is 1. The molecule has 3 aromatic carbocycles. The molecular formula is C35H38BNO9S. The Labute approximate surface area is 275 Å². The summed E-state index contributed by atoms with van der Waals surface area (Å²) in [5, 5.41) is 0. The molecule has 1 saturated carbocycles. The van der Waals surface area contributed by atoms with Crippen molar-refractivity contribution in [3.05, 3.63) is 77.4 Å². The van der Waals surface area contributed by atoms with Gasteiger partial charge in [-0.3, -0.25) is 14.4 Å². The van der Waals surface area contributed by atoms with E-state index in [1.54, 1.807) is 55.5 Å². The highest BCUT2D eigenvalue weighted by atomic mass is 32.2. The number of amides is 1. The molecule has 0 bridgehead atoms. The number of nitrogens with one attached hydrogen (secondary N) is 1. The molecule has 0 aromatic heterocycles.